The Hall–Kier alpha value is -1.06. The molecule has 1 rings (SSSR count). The first-order valence-corrected chi connectivity index (χ1v) is 5.12. The second-order valence-electron chi connectivity index (χ2n) is 4.64. The van der Waals surface area contributed by atoms with Crippen LogP contribution in [-0.4, -0.2) is 25.2 Å². The van der Waals surface area contributed by atoms with Gasteiger partial charge in [0.25, 0.3) is 0 Å². The van der Waals surface area contributed by atoms with Gasteiger partial charge in [-0.15, -0.1) is 0 Å². The first kappa shape index (κ1) is 12.0. The van der Waals surface area contributed by atoms with Crippen molar-refractivity contribution in [1.82, 2.24) is 0 Å². The van der Waals surface area contributed by atoms with Crippen molar-refractivity contribution in [3.8, 4) is 0 Å². The summed E-state index contributed by atoms with van der Waals surface area (Å²) in [6.45, 7) is 7.83. The highest BCUT2D eigenvalue weighted by Gasteiger charge is 2.58. The molecule has 4 nitrogen and oxygen atoms in total. The van der Waals surface area contributed by atoms with Crippen molar-refractivity contribution >= 4 is 11.9 Å². The monoisotopic (exact) mass is 214 g/mol. The molecular weight excluding hydrogens is 196 g/mol. The van der Waals surface area contributed by atoms with Crippen molar-refractivity contribution in [1.29, 1.82) is 0 Å². The molecule has 0 amide bonds. The zero-order chi connectivity index (χ0) is 11.6. The Kier molecular flexibility index (Phi) is 3.37. The number of esters is 2. The van der Waals surface area contributed by atoms with Crippen LogP contribution in [0.1, 0.15) is 27.7 Å². The van der Waals surface area contributed by atoms with Gasteiger partial charge in [-0.1, -0.05) is 13.8 Å². The van der Waals surface area contributed by atoms with Gasteiger partial charge in [-0.3, -0.25) is 9.59 Å². The molecule has 0 aromatic carbocycles. The normalized spacial score (nSPS) is 26.9. The molecular formula is C11H18O4. The second kappa shape index (κ2) is 4.21. The summed E-state index contributed by atoms with van der Waals surface area (Å²) in [6.07, 6.45) is 0. The van der Waals surface area contributed by atoms with Crippen LogP contribution in [0.5, 0.6) is 0 Å². The lowest BCUT2D eigenvalue weighted by molar-refractivity contribution is -0.143. The molecule has 0 N–H and O–H groups in total. The average molecular weight is 214 g/mol. The fourth-order valence-corrected chi connectivity index (χ4v) is 1.93. The molecule has 0 heterocycles. The van der Waals surface area contributed by atoms with E-state index in [0.717, 1.165) is 0 Å². The van der Waals surface area contributed by atoms with Crippen molar-refractivity contribution in [2.75, 3.05) is 13.2 Å². The molecule has 0 aromatic rings. The molecule has 0 bridgehead atoms. The molecule has 86 valence electrons. The van der Waals surface area contributed by atoms with Gasteiger partial charge in [0.2, 0.25) is 0 Å². The third kappa shape index (κ3) is 2.94. The summed E-state index contributed by atoms with van der Waals surface area (Å²) in [5.74, 6) is 0.0920. The van der Waals surface area contributed by atoms with Crippen molar-refractivity contribution in [2.45, 2.75) is 27.7 Å². The molecule has 0 aromatic heterocycles. The van der Waals surface area contributed by atoms with Crippen LogP contribution >= 0.6 is 0 Å². The Labute approximate surface area is 89.9 Å². The molecule has 1 saturated carbocycles. The molecule has 0 unspecified atom stereocenters. The first-order chi connectivity index (χ1) is 6.85. The SMILES string of the molecule is CC(=O)OC[C@@H]1[C@H](COC(C)=O)C1(C)C. The smallest absolute Gasteiger partial charge is 0.302 e. The fourth-order valence-electron chi connectivity index (χ4n) is 1.93. The van der Waals surface area contributed by atoms with Crippen LogP contribution in [0.2, 0.25) is 0 Å². The predicted molar refractivity (Wildman–Crippen MR) is 54.0 cm³/mol. The first-order valence-electron chi connectivity index (χ1n) is 5.12. The fraction of sp³-hybridized carbons (Fsp3) is 0.818. The number of hydrogen-bond acceptors (Lipinski definition) is 4. The molecule has 0 spiro atoms. The Morgan fingerprint density at radius 1 is 1.00 bits per heavy atom. The van der Waals surface area contributed by atoms with E-state index in [0.29, 0.717) is 25.0 Å². The van der Waals surface area contributed by atoms with Crippen molar-refractivity contribution in [3.63, 3.8) is 0 Å². The van der Waals surface area contributed by atoms with Crippen LogP contribution in [0.25, 0.3) is 0 Å². The van der Waals surface area contributed by atoms with Gasteiger partial charge >= 0.3 is 11.9 Å². The van der Waals surface area contributed by atoms with E-state index < -0.39 is 0 Å². The lowest BCUT2D eigenvalue weighted by atomic mass is 10.1. The topological polar surface area (TPSA) is 52.6 Å². The van der Waals surface area contributed by atoms with Gasteiger partial charge in [0, 0.05) is 25.7 Å². The summed E-state index contributed by atoms with van der Waals surface area (Å²) in [4.78, 5) is 21.3. The zero-order valence-corrected chi connectivity index (χ0v) is 9.70. The minimum Gasteiger partial charge on any atom is -0.466 e. The molecule has 0 radical (unpaired) electrons. The maximum Gasteiger partial charge on any atom is 0.302 e. The second-order valence-corrected chi connectivity index (χ2v) is 4.64. The quantitative estimate of drug-likeness (QED) is 0.663. The van der Waals surface area contributed by atoms with Gasteiger partial charge in [0.05, 0.1) is 13.2 Å². The zero-order valence-electron chi connectivity index (χ0n) is 9.70. The minimum absolute atomic E-state index is 0.102. The highest BCUT2D eigenvalue weighted by Crippen LogP contribution is 2.58. The largest absolute Gasteiger partial charge is 0.466 e. The highest BCUT2D eigenvalue weighted by molar-refractivity contribution is 5.66. The summed E-state index contributed by atoms with van der Waals surface area (Å²) < 4.78 is 9.92. The third-order valence-electron chi connectivity index (χ3n) is 3.22. The van der Waals surface area contributed by atoms with E-state index in [1.165, 1.54) is 13.8 Å². The van der Waals surface area contributed by atoms with Crippen LogP contribution < -0.4 is 0 Å². The molecule has 1 fully saturated rings. The molecule has 4 heteroatoms. The number of rotatable bonds is 4. The summed E-state index contributed by atoms with van der Waals surface area (Å²) in [5, 5.41) is 0. The van der Waals surface area contributed by atoms with Crippen molar-refractivity contribution in [2.24, 2.45) is 17.3 Å². The summed E-state index contributed by atoms with van der Waals surface area (Å²) in [5.41, 5.74) is 0.102. The van der Waals surface area contributed by atoms with E-state index in [2.05, 4.69) is 13.8 Å². The summed E-state index contributed by atoms with van der Waals surface area (Å²) in [6, 6.07) is 0. The molecule has 15 heavy (non-hydrogen) atoms. The lowest BCUT2D eigenvalue weighted by Crippen LogP contribution is -2.07. The predicted octanol–water partition coefficient (Wildman–Crippen LogP) is 1.38. The van der Waals surface area contributed by atoms with Crippen LogP contribution in [0, 0.1) is 17.3 Å². The number of carbonyl (C=O) groups excluding carboxylic acids is 2. The standard InChI is InChI=1S/C11H18O4/c1-7(12)14-5-9-10(11(9,3)4)6-15-8(2)13/h9-10H,5-6H2,1-4H3/t9-,10+. The van der Waals surface area contributed by atoms with Gasteiger partial charge in [-0.05, 0) is 5.41 Å². The molecule has 1 aliphatic rings. The van der Waals surface area contributed by atoms with E-state index in [9.17, 15) is 9.59 Å². The Morgan fingerprint density at radius 2 is 1.33 bits per heavy atom. The molecule has 0 saturated heterocycles. The van der Waals surface area contributed by atoms with Crippen LogP contribution in [0.3, 0.4) is 0 Å². The van der Waals surface area contributed by atoms with E-state index in [4.69, 9.17) is 9.47 Å². The molecule has 2 atom stereocenters. The van der Waals surface area contributed by atoms with Crippen molar-refractivity contribution < 1.29 is 19.1 Å². The summed E-state index contributed by atoms with van der Waals surface area (Å²) >= 11 is 0. The van der Waals surface area contributed by atoms with Crippen molar-refractivity contribution in [3.05, 3.63) is 0 Å². The molecule has 0 aliphatic heterocycles. The Morgan fingerprint density at radius 3 is 1.60 bits per heavy atom. The number of ether oxygens (including phenoxy) is 2. The minimum atomic E-state index is -0.260. The average Bonchev–Trinajstić information content (AvgIpc) is 2.60. The highest BCUT2D eigenvalue weighted by atomic mass is 16.5. The van der Waals surface area contributed by atoms with Gasteiger partial charge in [0.1, 0.15) is 0 Å². The van der Waals surface area contributed by atoms with Crippen LogP contribution in [0.15, 0.2) is 0 Å². The number of carbonyl (C=O) groups is 2. The van der Waals surface area contributed by atoms with Gasteiger partial charge in [-0.25, -0.2) is 0 Å². The van der Waals surface area contributed by atoms with E-state index in [1.807, 2.05) is 0 Å². The number of hydrogen-bond donors (Lipinski definition) is 0. The van der Waals surface area contributed by atoms with Crippen LogP contribution in [0.4, 0.5) is 0 Å². The maximum atomic E-state index is 10.7. The Balaban J connectivity index is 2.34. The third-order valence-corrected chi connectivity index (χ3v) is 3.22. The van der Waals surface area contributed by atoms with Gasteiger partial charge < -0.3 is 9.47 Å². The summed E-state index contributed by atoms with van der Waals surface area (Å²) in [7, 11) is 0. The van der Waals surface area contributed by atoms with E-state index in [1.54, 1.807) is 0 Å². The lowest BCUT2D eigenvalue weighted by Gasteiger charge is -2.02. The Bertz CT molecular complexity index is 244. The van der Waals surface area contributed by atoms with Gasteiger partial charge in [0.15, 0.2) is 0 Å². The molecule has 1 aliphatic carbocycles. The van der Waals surface area contributed by atoms with Crippen LogP contribution in [-0.2, 0) is 19.1 Å². The maximum absolute atomic E-state index is 10.7. The van der Waals surface area contributed by atoms with Gasteiger partial charge in [-0.2, -0.15) is 0 Å². The van der Waals surface area contributed by atoms with E-state index in [-0.39, 0.29) is 17.4 Å². The van der Waals surface area contributed by atoms with E-state index >= 15 is 0 Å².